The molecule has 0 fully saturated rings. The van der Waals surface area contributed by atoms with E-state index in [4.69, 9.17) is 15.6 Å². The molecule has 0 radical (unpaired) electrons. The first kappa shape index (κ1) is 29.6. The second-order valence-corrected chi connectivity index (χ2v) is 9.57. The molecule has 0 aliphatic carbocycles. The van der Waals surface area contributed by atoms with Crippen LogP contribution in [0.15, 0.2) is 30.3 Å². The molecule has 3 amide bonds. The first-order valence-electron chi connectivity index (χ1n) is 12.6. The van der Waals surface area contributed by atoms with Gasteiger partial charge in [0.2, 0.25) is 11.8 Å². The van der Waals surface area contributed by atoms with Gasteiger partial charge in [-0.25, -0.2) is 9.59 Å². The van der Waals surface area contributed by atoms with Crippen molar-refractivity contribution in [2.24, 2.45) is 5.92 Å². The lowest BCUT2D eigenvalue weighted by molar-refractivity contribution is -0.149. The van der Waals surface area contributed by atoms with Crippen LogP contribution in [0.5, 0.6) is 0 Å². The summed E-state index contributed by atoms with van der Waals surface area (Å²) in [5.74, 6) is -3.48. The number of rotatable bonds is 13. The molecule has 11 nitrogen and oxygen atoms in total. The Morgan fingerprint density at radius 2 is 1.68 bits per heavy atom. The fourth-order valence-electron chi connectivity index (χ4n) is 2.99. The van der Waals surface area contributed by atoms with Crippen molar-refractivity contribution in [3.05, 3.63) is 35.9 Å². The smallest absolute Gasteiger partial charge is 0.408 e. The maximum absolute atomic E-state index is 13.1. The van der Waals surface area contributed by atoms with Crippen LogP contribution in [-0.4, -0.2) is 60.7 Å². The average Bonchev–Trinajstić information content (AvgIpc) is 2.83. The number of amides is 3. The maximum atomic E-state index is 13.1. The molecule has 0 saturated carbocycles. The van der Waals surface area contributed by atoms with E-state index in [1.165, 1.54) is 0 Å². The SMILES string of the molecule is [2H]N(C(=O)CNC(=O)OC(C)(C)C)[C@H](C(=O)N[C@@H](CCC(=O)OCc1ccccc1)C(=O)OCC)C(C)C. The summed E-state index contributed by atoms with van der Waals surface area (Å²) in [5, 5.41) is 5.20. The lowest BCUT2D eigenvalue weighted by atomic mass is 10.0. The van der Waals surface area contributed by atoms with Gasteiger partial charge in [-0.05, 0) is 45.6 Å². The normalized spacial score (nSPS) is 13.0. The van der Waals surface area contributed by atoms with Crippen LogP contribution in [0, 0.1) is 5.92 Å². The van der Waals surface area contributed by atoms with E-state index in [0.717, 1.165) is 5.56 Å². The van der Waals surface area contributed by atoms with E-state index in [2.05, 4.69) is 10.6 Å². The van der Waals surface area contributed by atoms with Crippen molar-refractivity contribution in [3.8, 4) is 0 Å². The Hall–Kier alpha value is -3.63. The number of hydrogen-bond donors (Lipinski definition) is 3. The molecule has 0 aromatic heterocycles. The molecule has 0 heterocycles. The predicted molar refractivity (Wildman–Crippen MR) is 135 cm³/mol. The minimum Gasteiger partial charge on any atom is -0.464 e. The molecule has 3 N–H and O–H groups in total. The van der Waals surface area contributed by atoms with Crippen molar-refractivity contribution in [3.63, 3.8) is 0 Å². The van der Waals surface area contributed by atoms with Crippen molar-refractivity contribution in [2.75, 3.05) is 13.2 Å². The summed E-state index contributed by atoms with van der Waals surface area (Å²) in [6.07, 6.45) is -1.12. The van der Waals surface area contributed by atoms with Gasteiger partial charge in [-0.15, -0.1) is 0 Å². The van der Waals surface area contributed by atoms with Crippen molar-refractivity contribution in [1.82, 2.24) is 15.9 Å². The third-order valence-corrected chi connectivity index (χ3v) is 4.73. The highest BCUT2D eigenvalue weighted by molar-refractivity contribution is 5.92. The van der Waals surface area contributed by atoms with Crippen LogP contribution < -0.4 is 15.9 Å². The van der Waals surface area contributed by atoms with E-state index in [-0.39, 0.29) is 26.1 Å². The third-order valence-electron chi connectivity index (χ3n) is 4.73. The van der Waals surface area contributed by atoms with E-state index in [9.17, 15) is 24.0 Å². The Kier molecular flexibility index (Phi) is 12.4. The van der Waals surface area contributed by atoms with Crippen molar-refractivity contribution in [2.45, 2.75) is 78.7 Å². The molecule has 206 valence electrons. The summed E-state index contributed by atoms with van der Waals surface area (Å²) in [5.41, 5.74) is 0.0294. The number of alkyl carbamates (subject to hydrolysis) is 1. The van der Waals surface area contributed by atoms with Crippen LogP contribution >= 0.6 is 0 Å². The molecule has 11 heteroatoms. The first-order chi connectivity index (χ1) is 17.7. The van der Waals surface area contributed by atoms with E-state index < -0.39 is 60.0 Å². The van der Waals surface area contributed by atoms with E-state index in [0.29, 0.717) is 5.31 Å². The molecule has 1 aromatic rings. The molecule has 0 saturated heterocycles. The molecule has 37 heavy (non-hydrogen) atoms. The summed E-state index contributed by atoms with van der Waals surface area (Å²) in [6.45, 7) is 9.39. The zero-order valence-corrected chi connectivity index (χ0v) is 22.4. The molecule has 0 aliphatic rings. The summed E-state index contributed by atoms with van der Waals surface area (Å²) in [4.78, 5) is 62.1. The fourth-order valence-corrected chi connectivity index (χ4v) is 2.99. The lowest BCUT2D eigenvalue weighted by Gasteiger charge is -2.25. The molecule has 0 unspecified atom stereocenters. The summed E-state index contributed by atoms with van der Waals surface area (Å²) >= 11 is 0. The van der Waals surface area contributed by atoms with Gasteiger partial charge in [0.05, 0.1) is 6.61 Å². The molecule has 0 spiro atoms. The molecular formula is C26H39N3O8. The quantitative estimate of drug-likeness (QED) is 0.264. The van der Waals surface area contributed by atoms with Crippen LogP contribution in [0.4, 0.5) is 4.79 Å². The molecule has 2 atom stereocenters. The first-order valence-corrected chi connectivity index (χ1v) is 12.2. The number of benzene rings is 1. The lowest BCUT2D eigenvalue weighted by Crippen LogP contribution is -2.55. The number of ether oxygens (including phenoxy) is 3. The van der Waals surface area contributed by atoms with Gasteiger partial charge in [0, 0.05) is 6.42 Å². The summed E-state index contributed by atoms with van der Waals surface area (Å²) < 4.78 is 23.5. The van der Waals surface area contributed by atoms with Crippen LogP contribution in [0.25, 0.3) is 0 Å². The van der Waals surface area contributed by atoms with Gasteiger partial charge in [-0.1, -0.05) is 44.2 Å². The largest absolute Gasteiger partial charge is 0.464 e. The van der Waals surface area contributed by atoms with Gasteiger partial charge in [0.25, 0.3) is 0 Å². The topological polar surface area (TPSA) is 149 Å². The van der Waals surface area contributed by atoms with Gasteiger partial charge >= 0.3 is 18.0 Å². The minimum absolute atomic E-state index is 0.0522. The van der Waals surface area contributed by atoms with Crippen LogP contribution in [0.2, 0.25) is 1.41 Å². The Bertz CT molecular complexity index is 950. The summed E-state index contributed by atoms with van der Waals surface area (Å²) in [7, 11) is 0. The fraction of sp³-hybridized carbons (Fsp3) is 0.577. The Labute approximate surface area is 219 Å². The van der Waals surface area contributed by atoms with Crippen molar-refractivity contribution >= 4 is 29.8 Å². The minimum atomic E-state index is -1.29. The van der Waals surface area contributed by atoms with Gasteiger partial charge in [-0.2, -0.15) is 0 Å². The number of nitrogens with one attached hydrogen (secondary N) is 3. The van der Waals surface area contributed by atoms with Crippen LogP contribution in [0.1, 0.15) is 59.9 Å². The average molecular weight is 523 g/mol. The highest BCUT2D eigenvalue weighted by atomic mass is 16.6. The second kappa shape index (κ2) is 15.5. The second-order valence-electron chi connectivity index (χ2n) is 9.57. The Morgan fingerprint density at radius 1 is 1.03 bits per heavy atom. The molecule has 0 bridgehead atoms. The Balaban J connectivity index is 2.79. The number of hydrogen-bond acceptors (Lipinski definition) is 8. The van der Waals surface area contributed by atoms with Gasteiger partial charge in [-0.3, -0.25) is 14.4 Å². The van der Waals surface area contributed by atoms with E-state index >= 15 is 0 Å². The Morgan fingerprint density at radius 3 is 2.24 bits per heavy atom. The van der Waals surface area contributed by atoms with Crippen LogP contribution in [0.3, 0.4) is 0 Å². The van der Waals surface area contributed by atoms with Crippen molar-refractivity contribution in [1.29, 1.82) is 0 Å². The number of carbonyl (C=O) groups is 5. The third kappa shape index (κ3) is 13.3. The zero-order valence-electron chi connectivity index (χ0n) is 23.4. The maximum Gasteiger partial charge on any atom is 0.408 e. The highest BCUT2D eigenvalue weighted by Gasteiger charge is 2.30. The number of carbonyl (C=O) groups excluding carboxylic acids is 5. The highest BCUT2D eigenvalue weighted by Crippen LogP contribution is 2.09. The standard InChI is InChI=1S/C26H39N3O8/c1-7-35-24(33)19(13-14-21(31)36-16-18-11-9-8-10-12-18)28-23(32)22(17(2)3)29-20(30)15-27-25(34)37-26(4,5)6/h8-12,17,19,22H,7,13-16H2,1-6H3,(H,27,34)(H,28,32)(H,29,30)/t19-,22-/m0/s1/i/hD. The van der Waals surface area contributed by atoms with E-state index in [1.807, 2.05) is 18.2 Å². The number of esters is 2. The zero-order chi connectivity index (χ0) is 28.9. The van der Waals surface area contributed by atoms with Crippen LogP contribution in [-0.2, 0) is 40.0 Å². The van der Waals surface area contributed by atoms with Crippen molar-refractivity contribution < 1.29 is 39.6 Å². The monoisotopic (exact) mass is 522 g/mol. The van der Waals surface area contributed by atoms with Gasteiger partial charge in [0.15, 0.2) is 1.41 Å². The molecule has 1 rings (SSSR count). The molecule has 1 aromatic carbocycles. The van der Waals surface area contributed by atoms with E-state index in [1.54, 1.807) is 53.7 Å². The molecule has 0 aliphatic heterocycles. The van der Waals surface area contributed by atoms with Gasteiger partial charge in [0.1, 0.15) is 30.8 Å². The summed E-state index contributed by atoms with van der Waals surface area (Å²) in [6, 6.07) is 6.59. The van der Waals surface area contributed by atoms with Gasteiger partial charge < -0.3 is 30.2 Å². The molecular weight excluding hydrogens is 482 g/mol. The predicted octanol–water partition coefficient (Wildman–Crippen LogP) is 2.22.